The monoisotopic (exact) mass is 270 g/mol. The smallest absolute Gasteiger partial charge is 0.123 e. The molecule has 100 valence electrons. The number of nitrogens with zero attached hydrogens (tertiary/aromatic N) is 1. The van der Waals surface area contributed by atoms with Gasteiger partial charge in [-0.15, -0.1) is 12.4 Å². The molecule has 2 atom stereocenters. The predicted octanol–water partition coefficient (Wildman–Crippen LogP) is 2.29. The topological polar surface area (TPSA) is 15.3 Å². The van der Waals surface area contributed by atoms with Gasteiger partial charge in [-0.05, 0) is 55.6 Å². The van der Waals surface area contributed by atoms with Gasteiger partial charge >= 0.3 is 0 Å². The maximum Gasteiger partial charge on any atom is 0.123 e. The summed E-state index contributed by atoms with van der Waals surface area (Å²) in [6.45, 7) is 5.55. The SMILES string of the molecule is Cl.Fc1cccc(CN2CCC3CNCC3C2)c1. The van der Waals surface area contributed by atoms with Crippen LogP contribution < -0.4 is 5.32 Å². The number of hydrogen-bond acceptors (Lipinski definition) is 2. The van der Waals surface area contributed by atoms with Crippen LogP contribution in [-0.2, 0) is 6.54 Å². The second kappa shape index (κ2) is 6.00. The Hall–Kier alpha value is -0.640. The number of fused-ring (bicyclic) bond motifs is 1. The van der Waals surface area contributed by atoms with E-state index in [1.807, 2.05) is 6.07 Å². The minimum absolute atomic E-state index is 0. The van der Waals surface area contributed by atoms with Crippen LogP contribution >= 0.6 is 12.4 Å². The number of piperidine rings is 1. The highest BCUT2D eigenvalue weighted by Gasteiger charge is 2.32. The van der Waals surface area contributed by atoms with E-state index in [0.29, 0.717) is 0 Å². The van der Waals surface area contributed by atoms with Crippen molar-refractivity contribution in [3.8, 4) is 0 Å². The third-order valence-corrected chi connectivity index (χ3v) is 4.08. The molecule has 4 heteroatoms. The fraction of sp³-hybridized carbons (Fsp3) is 0.571. The van der Waals surface area contributed by atoms with Crippen molar-refractivity contribution >= 4 is 12.4 Å². The van der Waals surface area contributed by atoms with Crippen LogP contribution in [0.1, 0.15) is 12.0 Å². The lowest BCUT2D eigenvalue weighted by molar-refractivity contribution is 0.142. The van der Waals surface area contributed by atoms with Gasteiger partial charge < -0.3 is 5.32 Å². The molecule has 2 aliphatic rings. The average molecular weight is 271 g/mol. The van der Waals surface area contributed by atoms with Gasteiger partial charge in [0, 0.05) is 13.1 Å². The maximum atomic E-state index is 13.1. The first-order chi connectivity index (χ1) is 8.31. The van der Waals surface area contributed by atoms with Gasteiger partial charge in [0.25, 0.3) is 0 Å². The van der Waals surface area contributed by atoms with Crippen LogP contribution in [0.4, 0.5) is 4.39 Å². The normalized spacial score (nSPS) is 27.6. The molecule has 0 aromatic heterocycles. The van der Waals surface area contributed by atoms with E-state index in [4.69, 9.17) is 0 Å². The van der Waals surface area contributed by atoms with Crippen LogP contribution in [0.3, 0.4) is 0 Å². The van der Waals surface area contributed by atoms with Crippen LogP contribution in [-0.4, -0.2) is 31.1 Å². The summed E-state index contributed by atoms with van der Waals surface area (Å²) in [6, 6.07) is 6.98. The van der Waals surface area contributed by atoms with E-state index in [0.717, 1.165) is 43.6 Å². The van der Waals surface area contributed by atoms with Crippen molar-refractivity contribution in [1.82, 2.24) is 10.2 Å². The quantitative estimate of drug-likeness (QED) is 0.887. The van der Waals surface area contributed by atoms with E-state index < -0.39 is 0 Å². The molecule has 2 nitrogen and oxygen atoms in total. The minimum Gasteiger partial charge on any atom is -0.316 e. The summed E-state index contributed by atoms with van der Waals surface area (Å²) in [7, 11) is 0. The predicted molar refractivity (Wildman–Crippen MR) is 73.4 cm³/mol. The Kier molecular flexibility index (Phi) is 4.60. The Labute approximate surface area is 114 Å². The summed E-state index contributed by atoms with van der Waals surface area (Å²) < 4.78 is 13.1. The molecule has 1 aromatic rings. The molecule has 2 heterocycles. The largest absolute Gasteiger partial charge is 0.316 e. The van der Waals surface area contributed by atoms with Crippen molar-refractivity contribution in [2.75, 3.05) is 26.2 Å². The minimum atomic E-state index is -0.125. The standard InChI is InChI=1S/C14H19FN2.ClH/c15-14-3-1-2-11(6-14)9-17-5-4-12-7-16-8-13(12)10-17;/h1-3,6,12-13,16H,4-5,7-10H2;1H. The van der Waals surface area contributed by atoms with Crippen molar-refractivity contribution in [1.29, 1.82) is 0 Å². The van der Waals surface area contributed by atoms with Gasteiger partial charge in [-0.1, -0.05) is 12.1 Å². The van der Waals surface area contributed by atoms with E-state index >= 15 is 0 Å². The molecule has 0 radical (unpaired) electrons. The molecular formula is C14H20ClFN2. The van der Waals surface area contributed by atoms with Gasteiger partial charge in [-0.3, -0.25) is 4.90 Å². The summed E-state index contributed by atoms with van der Waals surface area (Å²) in [5.74, 6) is 1.55. The van der Waals surface area contributed by atoms with Crippen LogP contribution in [0.15, 0.2) is 24.3 Å². The van der Waals surface area contributed by atoms with Gasteiger partial charge in [0.15, 0.2) is 0 Å². The second-order valence-corrected chi connectivity index (χ2v) is 5.33. The van der Waals surface area contributed by atoms with E-state index in [9.17, 15) is 4.39 Å². The van der Waals surface area contributed by atoms with Gasteiger partial charge in [0.05, 0.1) is 0 Å². The Balaban J connectivity index is 0.00000120. The number of likely N-dealkylation sites (tertiary alicyclic amines) is 1. The molecule has 1 aromatic carbocycles. The molecule has 0 amide bonds. The number of halogens is 2. The van der Waals surface area contributed by atoms with Crippen LogP contribution in [0.5, 0.6) is 0 Å². The van der Waals surface area contributed by atoms with Crippen molar-refractivity contribution < 1.29 is 4.39 Å². The summed E-state index contributed by atoms with van der Waals surface area (Å²) in [4.78, 5) is 2.46. The molecular weight excluding hydrogens is 251 g/mol. The molecule has 2 saturated heterocycles. The van der Waals surface area contributed by atoms with Crippen molar-refractivity contribution in [2.24, 2.45) is 11.8 Å². The van der Waals surface area contributed by atoms with Crippen LogP contribution in [0.2, 0.25) is 0 Å². The Bertz CT molecular complexity index is 399. The third kappa shape index (κ3) is 3.02. The lowest BCUT2D eigenvalue weighted by Gasteiger charge is -2.34. The molecule has 2 fully saturated rings. The zero-order valence-electron chi connectivity index (χ0n) is 10.4. The summed E-state index contributed by atoms with van der Waals surface area (Å²) in [5, 5.41) is 3.47. The zero-order chi connectivity index (χ0) is 11.7. The highest BCUT2D eigenvalue weighted by molar-refractivity contribution is 5.85. The highest BCUT2D eigenvalue weighted by Crippen LogP contribution is 2.27. The number of nitrogens with one attached hydrogen (secondary N) is 1. The van der Waals surface area contributed by atoms with Crippen molar-refractivity contribution in [3.05, 3.63) is 35.6 Å². The molecule has 0 bridgehead atoms. The fourth-order valence-corrected chi connectivity index (χ4v) is 3.15. The van der Waals surface area contributed by atoms with Crippen LogP contribution in [0.25, 0.3) is 0 Å². The second-order valence-electron chi connectivity index (χ2n) is 5.33. The van der Waals surface area contributed by atoms with E-state index in [2.05, 4.69) is 10.2 Å². The van der Waals surface area contributed by atoms with E-state index in [1.54, 1.807) is 12.1 Å². The number of benzene rings is 1. The number of hydrogen-bond donors (Lipinski definition) is 1. The molecule has 0 aliphatic carbocycles. The Morgan fingerprint density at radius 3 is 2.94 bits per heavy atom. The first kappa shape index (κ1) is 13.8. The van der Waals surface area contributed by atoms with E-state index in [1.165, 1.54) is 19.0 Å². The Morgan fingerprint density at radius 2 is 2.11 bits per heavy atom. The fourth-order valence-electron chi connectivity index (χ4n) is 3.15. The first-order valence-electron chi connectivity index (χ1n) is 6.49. The average Bonchev–Trinajstić information content (AvgIpc) is 2.76. The van der Waals surface area contributed by atoms with Crippen molar-refractivity contribution in [3.63, 3.8) is 0 Å². The first-order valence-corrected chi connectivity index (χ1v) is 6.49. The number of rotatable bonds is 2. The molecule has 0 spiro atoms. The molecule has 3 rings (SSSR count). The molecule has 2 aliphatic heterocycles. The van der Waals surface area contributed by atoms with E-state index in [-0.39, 0.29) is 18.2 Å². The Morgan fingerprint density at radius 1 is 1.28 bits per heavy atom. The molecule has 0 saturated carbocycles. The summed E-state index contributed by atoms with van der Waals surface area (Å²) >= 11 is 0. The lowest BCUT2D eigenvalue weighted by atomic mass is 9.88. The summed E-state index contributed by atoms with van der Waals surface area (Å²) in [5.41, 5.74) is 1.09. The van der Waals surface area contributed by atoms with Gasteiger partial charge in [-0.25, -0.2) is 4.39 Å². The third-order valence-electron chi connectivity index (χ3n) is 4.08. The molecule has 1 N–H and O–H groups in total. The molecule has 2 unspecified atom stereocenters. The van der Waals surface area contributed by atoms with Gasteiger partial charge in [-0.2, -0.15) is 0 Å². The lowest BCUT2D eigenvalue weighted by Crippen LogP contribution is -2.39. The highest BCUT2D eigenvalue weighted by atomic mass is 35.5. The molecule has 18 heavy (non-hydrogen) atoms. The zero-order valence-corrected chi connectivity index (χ0v) is 11.3. The summed E-state index contributed by atoms with van der Waals surface area (Å²) in [6.07, 6.45) is 1.28. The van der Waals surface area contributed by atoms with Crippen molar-refractivity contribution in [2.45, 2.75) is 13.0 Å². The van der Waals surface area contributed by atoms with Gasteiger partial charge in [0.2, 0.25) is 0 Å². The maximum absolute atomic E-state index is 13.1. The van der Waals surface area contributed by atoms with Gasteiger partial charge in [0.1, 0.15) is 5.82 Å². The van der Waals surface area contributed by atoms with Crippen LogP contribution in [0, 0.1) is 17.7 Å².